The van der Waals surface area contributed by atoms with E-state index >= 15 is 0 Å². The molecule has 0 fully saturated rings. The highest BCUT2D eigenvalue weighted by molar-refractivity contribution is 9.10. The van der Waals surface area contributed by atoms with Gasteiger partial charge in [-0.2, -0.15) is 0 Å². The molecule has 2 rings (SSSR count). The van der Waals surface area contributed by atoms with Gasteiger partial charge in [0.25, 0.3) is 0 Å². The van der Waals surface area contributed by atoms with Gasteiger partial charge >= 0.3 is 0 Å². The Morgan fingerprint density at radius 3 is 2.58 bits per heavy atom. The molecule has 1 N–H and O–H groups in total. The molecule has 2 aromatic rings. The molecule has 0 spiro atoms. The molecule has 1 amide bonds. The van der Waals surface area contributed by atoms with E-state index < -0.39 is 0 Å². The van der Waals surface area contributed by atoms with Crippen LogP contribution in [0.4, 0.5) is 10.1 Å². The summed E-state index contributed by atoms with van der Waals surface area (Å²) in [6, 6.07) is 13.3. The molecule has 0 aliphatic carbocycles. The molecule has 0 aliphatic rings. The molecule has 0 saturated heterocycles. The third-order valence-corrected chi connectivity index (χ3v) is 2.92. The van der Waals surface area contributed by atoms with Crippen molar-refractivity contribution in [1.82, 2.24) is 0 Å². The van der Waals surface area contributed by atoms with E-state index in [4.69, 9.17) is 0 Å². The van der Waals surface area contributed by atoms with Crippen LogP contribution in [0.5, 0.6) is 0 Å². The van der Waals surface area contributed by atoms with Crippen LogP contribution in [-0.4, -0.2) is 5.91 Å². The molecule has 0 atom stereocenters. The number of hydrogen-bond donors (Lipinski definition) is 1. The number of halogens is 2. The smallest absolute Gasteiger partial charge is 0.248 e. The second-order valence-electron chi connectivity index (χ2n) is 3.88. The standard InChI is InChI=1S/C15H11BrFNO/c16-12-5-7-14(8-6-12)18-15(19)9-4-11-2-1-3-13(17)10-11/h1-10H,(H,18,19)/b9-4+. The summed E-state index contributed by atoms with van der Waals surface area (Å²) in [4.78, 5) is 11.7. The zero-order valence-electron chi connectivity index (χ0n) is 9.94. The van der Waals surface area contributed by atoms with E-state index in [-0.39, 0.29) is 11.7 Å². The first-order valence-electron chi connectivity index (χ1n) is 5.64. The van der Waals surface area contributed by atoms with Crippen molar-refractivity contribution in [1.29, 1.82) is 0 Å². The van der Waals surface area contributed by atoms with Gasteiger partial charge in [0.15, 0.2) is 0 Å². The molecule has 0 bridgehead atoms. The molecule has 2 nitrogen and oxygen atoms in total. The van der Waals surface area contributed by atoms with Crippen LogP contribution in [0, 0.1) is 5.82 Å². The number of benzene rings is 2. The largest absolute Gasteiger partial charge is 0.323 e. The van der Waals surface area contributed by atoms with E-state index in [1.165, 1.54) is 18.2 Å². The maximum atomic E-state index is 12.9. The SMILES string of the molecule is O=C(/C=C/c1cccc(F)c1)Nc1ccc(Br)cc1. The molecule has 19 heavy (non-hydrogen) atoms. The van der Waals surface area contributed by atoms with Gasteiger partial charge in [0, 0.05) is 16.2 Å². The third kappa shape index (κ3) is 4.34. The van der Waals surface area contributed by atoms with Gasteiger partial charge < -0.3 is 5.32 Å². The lowest BCUT2D eigenvalue weighted by Gasteiger charge is -2.01. The Kier molecular flexibility index (Phi) is 4.47. The fourth-order valence-corrected chi connectivity index (χ4v) is 1.76. The van der Waals surface area contributed by atoms with E-state index in [1.807, 2.05) is 12.1 Å². The van der Waals surface area contributed by atoms with Crippen LogP contribution in [0.3, 0.4) is 0 Å². The predicted molar refractivity (Wildman–Crippen MR) is 78.2 cm³/mol. The maximum absolute atomic E-state index is 12.9. The lowest BCUT2D eigenvalue weighted by molar-refractivity contribution is -0.111. The van der Waals surface area contributed by atoms with Crippen molar-refractivity contribution >= 4 is 33.6 Å². The number of carbonyl (C=O) groups is 1. The molecule has 0 aromatic heterocycles. The van der Waals surface area contributed by atoms with E-state index in [9.17, 15) is 9.18 Å². The van der Waals surface area contributed by atoms with Crippen LogP contribution in [0.1, 0.15) is 5.56 Å². The highest BCUT2D eigenvalue weighted by atomic mass is 79.9. The summed E-state index contributed by atoms with van der Waals surface area (Å²) in [5.74, 6) is -0.581. The third-order valence-electron chi connectivity index (χ3n) is 2.39. The van der Waals surface area contributed by atoms with Crippen LogP contribution in [0.15, 0.2) is 59.1 Å². The zero-order valence-corrected chi connectivity index (χ0v) is 11.5. The molecule has 0 heterocycles. The number of carbonyl (C=O) groups excluding carboxylic acids is 1. The van der Waals surface area contributed by atoms with E-state index in [0.29, 0.717) is 11.3 Å². The van der Waals surface area contributed by atoms with Crippen molar-refractivity contribution in [3.8, 4) is 0 Å². The highest BCUT2D eigenvalue weighted by Gasteiger charge is 1.98. The minimum absolute atomic E-state index is 0.258. The summed E-state index contributed by atoms with van der Waals surface area (Å²) < 4.78 is 13.9. The van der Waals surface area contributed by atoms with Gasteiger partial charge in [0.05, 0.1) is 0 Å². The van der Waals surface area contributed by atoms with E-state index in [2.05, 4.69) is 21.2 Å². The molecule has 96 valence electrons. The monoisotopic (exact) mass is 319 g/mol. The fraction of sp³-hybridized carbons (Fsp3) is 0. The summed E-state index contributed by atoms with van der Waals surface area (Å²) in [6.07, 6.45) is 2.94. The minimum atomic E-state index is -0.324. The van der Waals surface area contributed by atoms with Gasteiger partial charge in [0.2, 0.25) is 5.91 Å². The Morgan fingerprint density at radius 1 is 1.16 bits per heavy atom. The lowest BCUT2D eigenvalue weighted by Crippen LogP contribution is -2.07. The van der Waals surface area contributed by atoms with Crippen LogP contribution < -0.4 is 5.32 Å². The molecule has 2 aromatic carbocycles. The summed E-state index contributed by atoms with van der Waals surface area (Å²) in [5.41, 5.74) is 1.35. The van der Waals surface area contributed by atoms with Crippen LogP contribution in [0.2, 0.25) is 0 Å². The quantitative estimate of drug-likeness (QED) is 0.842. The number of rotatable bonds is 3. The number of amides is 1. The molecular weight excluding hydrogens is 309 g/mol. The zero-order chi connectivity index (χ0) is 13.7. The summed E-state index contributed by atoms with van der Waals surface area (Å²) in [7, 11) is 0. The highest BCUT2D eigenvalue weighted by Crippen LogP contribution is 2.14. The second kappa shape index (κ2) is 6.29. The first-order chi connectivity index (χ1) is 9.13. The Labute approximate surface area is 119 Å². The Bertz CT molecular complexity index is 608. The molecule has 4 heteroatoms. The van der Waals surface area contributed by atoms with Crippen LogP contribution >= 0.6 is 15.9 Å². The normalized spacial score (nSPS) is 10.6. The van der Waals surface area contributed by atoms with Gasteiger partial charge in [-0.25, -0.2) is 4.39 Å². The van der Waals surface area contributed by atoms with E-state index in [0.717, 1.165) is 4.47 Å². The van der Waals surface area contributed by atoms with Crippen molar-refractivity contribution in [2.24, 2.45) is 0 Å². The van der Waals surface area contributed by atoms with Crippen molar-refractivity contribution < 1.29 is 9.18 Å². The van der Waals surface area contributed by atoms with Gasteiger partial charge in [-0.3, -0.25) is 4.79 Å². The fourth-order valence-electron chi connectivity index (χ4n) is 1.50. The van der Waals surface area contributed by atoms with Crippen molar-refractivity contribution in [3.05, 3.63) is 70.5 Å². The van der Waals surface area contributed by atoms with Crippen molar-refractivity contribution in [3.63, 3.8) is 0 Å². The van der Waals surface area contributed by atoms with Gasteiger partial charge in [0.1, 0.15) is 5.82 Å². The van der Waals surface area contributed by atoms with E-state index in [1.54, 1.807) is 30.3 Å². The Balaban J connectivity index is 1.99. The average molecular weight is 320 g/mol. The van der Waals surface area contributed by atoms with Crippen molar-refractivity contribution in [2.45, 2.75) is 0 Å². The maximum Gasteiger partial charge on any atom is 0.248 e. The summed E-state index contributed by atoms with van der Waals surface area (Å²) >= 11 is 3.32. The summed E-state index contributed by atoms with van der Waals surface area (Å²) in [6.45, 7) is 0. The second-order valence-corrected chi connectivity index (χ2v) is 4.80. The first-order valence-corrected chi connectivity index (χ1v) is 6.43. The Morgan fingerprint density at radius 2 is 1.89 bits per heavy atom. The topological polar surface area (TPSA) is 29.1 Å². The molecule has 0 unspecified atom stereocenters. The molecule has 0 radical (unpaired) electrons. The number of nitrogens with one attached hydrogen (secondary N) is 1. The van der Waals surface area contributed by atoms with Gasteiger partial charge in [-0.15, -0.1) is 0 Å². The lowest BCUT2D eigenvalue weighted by atomic mass is 10.2. The average Bonchev–Trinajstić information content (AvgIpc) is 2.39. The predicted octanol–water partition coefficient (Wildman–Crippen LogP) is 4.24. The van der Waals surface area contributed by atoms with Gasteiger partial charge in [-0.1, -0.05) is 28.1 Å². The van der Waals surface area contributed by atoms with Crippen molar-refractivity contribution in [2.75, 3.05) is 5.32 Å². The summed E-state index contributed by atoms with van der Waals surface area (Å²) in [5, 5.41) is 2.71. The first kappa shape index (κ1) is 13.5. The molecular formula is C15H11BrFNO. The minimum Gasteiger partial charge on any atom is -0.323 e. The van der Waals surface area contributed by atoms with Crippen LogP contribution in [-0.2, 0) is 4.79 Å². The van der Waals surface area contributed by atoms with Gasteiger partial charge in [-0.05, 0) is 48.0 Å². The molecule has 0 saturated carbocycles. The number of hydrogen-bond acceptors (Lipinski definition) is 1. The number of anilines is 1. The Hall–Kier alpha value is -1.94. The van der Waals surface area contributed by atoms with Crippen LogP contribution in [0.25, 0.3) is 6.08 Å². The molecule has 0 aliphatic heterocycles.